The van der Waals surface area contributed by atoms with Crippen molar-refractivity contribution in [3.8, 4) is 0 Å². The van der Waals surface area contributed by atoms with Gasteiger partial charge in [-0.2, -0.15) is 0 Å². The molecule has 0 spiro atoms. The lowest BCUT2D eigenvalue weighted by molar-refractivity contribution is -0.138. The van der Waals surface area contributed by atoms with Crippen molar-refractivity contribution in [2.24, 2.45) is 17.6 Å². The van der Waals surface area contributed by atoms with Crippen LogP contribution in [0.5, 0.6) is 0 Å². The molecule has 0 bridgehead atoms. The third-order valence-electron chi connectivity index (χ3n) is 2.40. The highest BCUT2D eigenvalue weighted by Gasteiger charge is 2.14. The van der Waals surface area contributed by atoms with Crippen LogP contribution in [0.15, 0.2) is 12.7 Å². The summed E-state index contributed by atoms with van der Waals surface area (Å²) in [5, 5.41) is 8.63. The van der Waals surface area contributed by atoms with Gasteiger partial charge in [0.05, 0.1) is 0 Å². The Balaban J connectivity index is 3.78. The average Bonchev–Trinajstić information content (AvgIpc) is 2.12. The second kappa shape index (κ2) is 7.56. The third-order valence-corrected chi connectivity index (χ3v) is 2.40. The van der Waals surface area contributed by atoms with Gasteiger partial charge in [0.15, 0.2) is 0 Å². The first-order valence-electron chi connectivity index (χ1n) is 5.12. The van der Waals surface area contributed by atoms with Gasteiger partial charge >= 0.3 is 5.97 Å². The van der Waals surface area contributed by atoms with Gasteiger partial charge < -0.3 is 10.8 Å². The molecular weight excluding hydrogens is 178 g/mol. The molecule has 0 aromatic heterocycles. The minimum atomic E-state index is -0.753. The molecule has 2 unspecified atom stereocenters. The van der Waals surface area contributed by atoms with Crippen LogP contribution < -0.4 is 5.73 Å². The second-order valence-corrected chi connectivity index (χ2v) is 3.91. The lowest BCUT2D eigenvalue weighted by atomic mass is 9.90. The van der Waals surface area contributed by atoms with Crippen LogP contribution >= 0.6 is 0 Å². The zero-order valence-corrected chi connectivity index (χ0v) is 8.91. The summed E-state index contributed by atoms with van der Waals surface area (Å²) in [6.07, 6.45) is 5.04. The molecule has 0 aromatic rings. The van der Waals surface area contributed by atoms with Crippen molar-refractivity contribution in [3.63, 3.8) is 0 Å². The van der Waals surface area contributed by atoms with E-state index >= 15 is 0 Å². The highest BCUT2D eigenvalue weighted by atomic mass is 16.4. The monoisotopic (exact) mass is 199 g/mol. The maximum Gasteiger partial charge on any atom is 0.303 e. The van der Waals surface area contributed by atoms with Crippen molar-refractivity contribution in [2.75, 3.05) is 6.54 Å². The summed E-state index contributed by atoms with van der Waals surface area (Å²) in [5.41, 5.74) is 5.51. The van der Waals surface area contributed by atoms with Crippen LogP contribution in [0.1, 0.15) is 32.6 Å². The maximum atomic E-state index is 10.5. The molecule has 0 aliphatic carbocycles. The van der Waals surface area contributed by atoms with Crippen LogP contribution in [-0.4, -0.2) is 17.6 Å². The van der Waals surface area contributed by atoms with Crippen molar-refractivity contribution in [1.82, 2.24) is 0 Å². The van der Waals surface area contributed by atoms with Crippen molar-refractivity contribution >= 4 is 5.97 Å². The summed E-state index contributed by atoms with van der Waals surface area (Å²) in [4.78, 5) is 10.5. The molecule has 3 nitrogen and oxygen atoms in total. The van der Waals surface area contributed by atoms with Crippen molar-refractivity contribution in [3.05, 3.63) is 12.7 Å². The molecule has 0 heterocycles. The quantitative estimate of drug-likeness (QED) is 0.588. The second-order valence-electron chi connectivity index (χ2n) is 3.91. The molecule has 0 aliphatic rings. The molecular formula is C11H21NO2. The maximum absolute atomic E-state index is 10.5. The highest BCUT2D eigenvalue weighted by Crippen LogP contribution is 2.18. The molecule has 82 valence electrons. The topological polar surface area (TPSA) is 63.3 Å². The van der Waals surface area contributed by atoms with Crippen LogP contribution in [-0.2, 0) is 4.79 Å². The predicted molar refractivity (Wildman–Crippen MR) is 58.0 cm³/mol. The summed E-state index contributed by atoms with van der Waals surface area (Å²) in [6.45, 7) is 6.26. The highest BCUT2D eigenvalue weighted by molar-refractivity contribution is 5.67. The van der Waals surface area contributed by atoms with Gasteiger partial charge in [-0.3, -0.25) is 4.79 Å². The van der Waals surface area contributed by atoms with Crippen LogP contribution in [0.25, 0.3) is 0 Å². The Labute approximate surface area is 86.0 Å². The Bertz CT molecular complexity index is 180. The predicted octanol–water partition coefficient (Wildman–Crippen LogP) is 2.03. The van der Waals surface area contributed by atoms with Gasteiger partial charge in [-0.25, -0.2) is 0 Å². The van der Waals surface area contributed by atoms with Gasteiger partial charge in [0.2, 0.25) is 0 Å². The molecule has 14 heavy (non-hydrogen) atoms. The third kappa shape index (κ3) is 6.66. The fourth-order valence-electron chi connectivity index (χ4n) is 1.60. The van der Waals surface area contributed by atoms with E-state index in [1.165, 1.54) is 0 Å². The van der Waals surface area contributed by atoms with Crippen molar-refractivity contribution in [1.29, 1.82) is 0 Å². The number of carbonyl (C=O) groups is 1. The Morgan fingerprint density at radius 1 is 1.64 bits per heavy atom. The van der Waals surface area contributed by atoms with E-state index < -0.39 is 5.97 Å². The van der Waals surface area contributed by atoms with Crippen LogP contribution in [0.4, 0.5) is 0 Å². The number of nitrogens with two attached hydrogens (primary N) is 1. The number of allylic oxidation sites excluding steroid dienone is 1. The standard InChI is InChI=1S/C11H21NO2/c1-3-4-5-9(2)6-10(8-12)7-11(13)14/h3,9-10H,1,4-8,12H2,2H3,(H,13,14). The fraction of sp³-hybridized carbons (Fsp3) is 0.727. The van der Waals surface area contributed by atoms with Gasteiger partial charge in [0.1, 0.15) is 0 Å². The molecule has 0 aromatic carbocycles. The summed E-state index contributed by atoms with van der Waals surface area (Å²) >= 11 is 0. The Morgan fingerprint density at radius 2 is 2.29 bits per heavy atom. The number of carboxylic acid groups (broad SMARTS) is 1. The van der Waals surface area contributed by atoms with E-state index in [-0.39, 0.29) is 12.3 Å². The number of hydrogen-bond acceptors (Lipinski definition) is 2. The van der Waals surface area contributed by atoms with Gasteiger partial charge in [0, 0.05) is 6.42 Å². The fourth-order valence-corrected chi connectivity index (χ4v) is 1.60. The normalized spacial score (nSPS) is 14.7. The lowest BCUT2D eigenvalue weighted by Crippen LogP contribution is -2.20. The van der Waals surface area contributed by atoms with Crippen molar-refractivity contribution in [2.45, 2.75) is 32.6 Å². The van der Waals surface area contributed by atoms with Gasteiger partial charge in [-0.05, 0) is 37.6 Å². The summed E-state index contributed by atoms with van der Waals surface area (Å²) in [5.74, 6) is -0.107. The zero-order valence-electron chi connectivity index (χ0n) is 8.91. The van der Waals surface area contributed by atoms with Crippen LogP contribution in [0.3, 0.4) is 0 Å². The molecule has 3 heteroatoms. The first-order chi connectivity index (χ1) is 6.60. The van der Waals surface area contributed by atoms with E-state index in [0.717, 1.165) is 19.3 Å². The number of hydrogen-bond donors (Lipinski definition) is 2. The Morgan fingerprint density at radius 3 is 2.71 bits per heavy atom. The number of aliphatic carboxylic acids is 1. The van der Waals surface area contributed by atoms with E-state index in [9.17, 15) is 4.79 Å². The number of rotatable bonds is 8. The Hall–Kier alpha value is -0.830. The first-order valence-corrected chi connectivity index (χ1v) is 5.12. The van der Waals surface area contributed by atoms with Gasteiger partial charge in [0.25, 0.3) is 0 Å². The first kappa shape index (κ1) is 13.2. The minimum Gasteiger partial charge on any atom is -0.481 e. The van der Waals surface area contributed by atoms with Crippen LogP contribution in [0.2, 0.25) is 0 Å². The minimum absolute atomic E-state index is 0.118. The van der Waals surface area contributed by atoms with E-state index in [0.29, 0.717) is 12.5 Å². The SMILES string of the molecule is C=CCCC(C)CC(CN)CC(=O)O. The molecule has 0 fully saturated rings. The Kier molecular flexibility index (Phi) is 7.11. The summed E-state index contributed by atoms with van der Waals surface area (Å²) < 4.78 is 0. The van der Waals surface area contributed by atoms with E-state index in [1.807, 2.05) is 6.08 Å². The van der Waals surface area contributed by atoms with E-state index in [4.69, 9.17) is 10.8 Å². The van der Waals surface area contributed by atoms with Crippen molar-refractivity contribution < 1.29 is 9.90 Å². The molecule has 0 amide bonds. The molecule has 0 saturated carbocycles. The molecule has 0 rings (SSSR count). The largest absolute Gasteiger partial charge is 0.481 e. The van der Waals surface area contributed by atoms with E-state index in [2.05, 4.69) is 13.5 Å². The summed E-state index contributed by atoms with van der Waals surface area (Å²) in [7, 11) is 0. The molecule has 0 radical (unpaired) electrons. The van der Waals surface area contributed by atoms with E-state index in [1.54, 1.807) is 0 Å². The molecule has 2 atom stereocenters. The summed E-state index contributed by atoms with van der Waals surface area (Å²) in [6, 6.07) is 0. The lowest BCUT2D eigenvalue weighted by Gasteiger charge is -2.17. The molecule has 0 aliphatic heterocycles. The average molecular weight is 199 g/mol. The molecule has 3 N–H and O–H groups in total. The van der Waals surface area contributed by atoms with Gasteiger partial charge in [-0.15, -0.1) is 6.58 Å². The van der Waals surface area contributed by atoms with Crippen LogP contribution in [0, 0.1) is 11.8 Å². The zero-order chi connectivity index (χ0) is 11.0. The van der Waals surface area contributed by atoms with Gasteiger partial charge in [-0.1, -0.05) is 13.0 Å². The number of carboxylic acids is 1. The molecule has 0 saturated heterocycles. The smallest absolute Gasteiger partial charge is 0.303 e.